The van der Waals surface area contributed by atoms with Gasteiger partial charge in [-0.1, -0.05) is 51.1 Å². The Labute approximate surface area is 112 Å². The molecule has 0 aliphatic carbocycles. The molecule has 102 valence electrons. The normalized spacial score (nSPS) is 14.7. The van der Waals surface area contributed by atoms with E-state index in [1.165, 1.54) is 12.0 Å². The van der Waals surface area contributed by atoms with Crippen LogP contribution in [0.25, 0.3) is 0 Å². The molecule has 2 heteroatoms. The summed E-state index contributed by atoms with van der Waals surface area (Å²) in [6.07, 6.45) is 1.21. The van der Waals surface area contributed by atoms with Gasteiger partial charge in [-0.25, -0.2) is 0 Å². The van der Waals surface area contributed by atoms with Crippen LogP contribution in [0.4, 0.5) is 0 Å². The SMILES string of the molecule is CCNCC(C)(CC)CN(C)Cc1ccccc1. The van der Waals surface area contributed by atoms with Gasteiger partial charge in [0.15, 0.2) is 0 Å². The molecule has 0 bridgehead atoms. The topological polar surface area (TPSA) is 15.3 Å². The number of nitrogens with one attached hydrogen (secondary N) is 1. The average molecular weight is 248 g/mol. The number of hydrogen-bond donors (Lipinski definition) is 1. The molecule has 18 heavy (non-hydrogen) atoms. The van der Waals surface area contributed by atoms with Gasteiger partial charge in [0.25, 0.3) is 0 Å². The van der Waals surface area contributed by atoms with E-state index in [9.17, 15) is 0 Å². The minimum absolute atomic E-state index is 0.361. The van der Waals surface area contributed by atoms with Crippen molar-refractivity contribution in [2.75, 3.05) is 26.7 Å². The number of benzene rings is 1. The summed E-state index contributed by atoms with van der Waals surface area (Å²) in [7, 11) is 2.22. The quantitative estimate of drug-likeness (QED) is 0.760. The van der Waals surface area contributed by atoms with Crippen LogP contribution in [-0.2, 0) is 6.54 Å². The lowest BCUT2D eigenvalue weighted by atomic mass is 9.86. The molecule has 0 saturated carbocycles. The summed E-state index contributed by atoms with van der Waals surface area (Å²) < 4.78 is 0. The lowest BCUT2D eigenvalue weighted by Gasteiger charge is -2.33. The summed E-state index contributed by atoms with van der Waals surface area (Å²) in [4.78, 5) is 2.43. The first-order valence-electron chi connectivity index (χ1n) is 7.03. The van der Waals surface area contributed by atoms with Crippen LogP contribution < -0.4 is 5.32 Å². The van der Waals surface area contributed by atoms with E-state index in [1.807, 2.05) is 0 Å². The second-order valence-corrected chi connectivity index (χ2v) is 5.60. The smallest absolute Gasteiger partial charge is 0.0230 e. The largest absolute Gasteiger partial charge is 0.316 e. The van der Waals surface area contributed by atoms with E-state index in [0.29, 0.717) is 5.41 Å². The zero-order valence-corrected chi connectivity index (χ0v) is 12.4. The third-order valence-corrected chi connectivity index (χ3v) is 3.60. The van der Waals surface area contributed by atoms with E-state index in [0.717, 1.165) is 26.2 Å². The van der Waals surface area contributed by atoms with Crippen molar-refractivity contribution in [2.24, 2.45) is 5.41 Å². The molecule has 1 N–H and O–H groups in total. The minimum atomic E-state index is 0.361. The van der Waals surface area contributed by atoms with Crippen molar-refractivity contribution in [3.05, 3.63) is 35.9 Å². The monoisotopic (exact) mass is 248 g/mol. The van der Waals surface area contributed by atoms with Crippen LogP contribution in [0.3, 0.4) is 0 Å². The highest BCUT2D eigenvalue weighted by molar-refractivity contribution is 5.14. The van der Waals surface area contributed by atoms with Crippen LogP contribution in [0, 0.1) is 5.41 Å². The van der Waals surface area contributed by atoms with Gasteiger partial charge >= 0.3 is 0 Å². The highest BCUT2D eigenvalue weighted by atomic mass is 15.1. The van der Waals surface area contributed by atoms with Crippen molar-refractivity contribution in [1.29, 1.82) is 0 Å². The molecule has 0 saturated heterocycles. The summed E-state index contributed by atoms with van der Waals surface area (Å²) in [6.45, 7) is 11.1. The van der Waals surface area contributed by atoms with Gasteiger partial charge in [0, 0.05) is 19.6 Å². The van der Waals surface area contributed by atoms with E-state index >= 15 is 0 Å². The van der Waals surface area contributed by atoms with Gasteiger partial charge in [-0.3, -0.25) is 0 Å². The fraction of sp³-hybridized carbons (Fsp3) is 0.625. The molecule has 1 aromatic rings. The molecule has 1 aromatic carbocycles. The maximum absolute atomic E-state index is 3.48. The second kappa shape index (κ2) is 7.55. The van der Waals surface area contributed by atoms with Gasteiger partial charge in [0.1, 0.15) is 0 Å². The Hall–Kier alpha value is -0.860. The summed E-state index contributed by atoms with van der Waals surface area (Å²) in [6, 6.07) is 10.7. The third-order valence-electron chi connectivity index (χ3n) is 3.60. The zero-order valence-electron chi connectivity index (χ0n) is 12.4. The summed E-state index contributed by atoms with van der Waals surface area (Å²) in [5.41, 5.74) is 1.75. The maximum atomic E-state index is 3.48. The van der Waals surface area contributed by atoms with Gasteiger partial charge in [-0.2, -0.15) is 0 Å². The first-order valence-corrected chi connectivity index (χ1v) is 7.03. The maximum Gasteiger partial charge on any atom is 0.0230 e. The first-order chi connectivity index (χ1) is 8.59. The van der Waals surface area contributed by atoms with Crippen LogP contribution in [-0.4, -0.2) is 31.6 Å². The Bertz CT molecular complexity index is 323. The Morgan fingerprint density at radius 1 is 1.17 bits per heavy atom. The molecular formula is C16H28N2. The van der Waals surface area contributed by atoms with E-state index in [2.05, 4.69) is 68.4 Å². The molecule has 2 nitrogen and oxygen atoms in total. The summed E-state index contributed by atoms with van der Waals surface area (Å²) in [5.74, 6) is 0. The fourth-order valence-corrected chi connectivity index (χ4v) is 2.32. The molecule has 0 fully saturated rings. The van der Waals surface area contributed by atoms with Crippen molar-refractivity contribution < 1.29 is 0 Å². The zero-order chi connectivity index (χ0) is 13.4. The molecule has 0 aliphatic heterocycles. The minimum Gasteiger partial charge on any atom is -0.316 e. The molecule has 0 spiro atoms. The fourth-order valence-electron chi connectivity index (χ4n) is 2.32. The molecule has 1 atom stereocenters. The highest BCUT2D eigenvalue weighted by Crippen LogP contribution is 2.21. The van der Waals surface area contributed by atoms with Crippen LogP contribution >= 0.6 is 0 Å². The van der Waals surface area contributed by atoms with Gasteiger partial charge in [-0.15, -0.1) is 0 Å². The molecule has 1 rings (SSSR count). The summed E-state index contributed by atoms with van der Waals surface area (Å²) in [5, 5.41) is 3.48. The number of hydrogen-bond acceptors (Lipinski definition) is 2. The molecular weight excluding hydrogens is 220 g/mol. The highest BCUT2D eigenvalue weighted by Gasteiger charge is 2.23. The molecule has 0 aliphatic rings. The molecule has 0 heterocycles. The van der Waals surface area contributed by atoms with Crippen LogP contribution in [0.2, 0.25) is 0 Å². The van der Waals surface area contributed by atoms with E-state index < -0.39 is 0 Å². The Morgan fingerprint density at radius 3 is 2.39 bits per heavy atom. The molecule has 0 radical (unpaired) electrons. The van der Waals surface area contributed by atoms with Gasteiger partial charge in [0.2, 0.25) is 0 Å². The van der Waals surface area contributed by atoms with Crippen molar-refractivity contribution >= 4 is 0 Å². The Kier molecular flexibility index (Phi) is 6.37. The van der Waals surface area contributed by atoms with Crippen molar-refractivity contribution in [1.82, 2.24) is 10.2 Å². The standard InChI is InChI=1S/C16H28N2/c1-5-16(3,13-17-6-2)14-18(4)12-15-10-8-7-9-11-15/h7-11,17H,5-6,12-14H2,1-4H3. The van der Waals surface area contributed by atoms with E-state index in [-0.39, 0.29) is 0 Å². The predicted molar refractivity (Wildman–Crippen MR) is 79.7 cm³/mol. The van der Waals surface area contributed by atoms with Crippen molar-refractivity contribution in [3.8, 4) is 0 Å². The summed E-state index contributed by atoms with van der Waals surface area (Å²) >= 11 is 0. The second-order valence-electron chi connectivity index (χ2n) is 5.60. The molecule has 0 aromatic heterocycles. The van der Waals surface area contributed by atoms with Crippen LogP contribution in [0.5, 0.6) is 0 Å². The molecule has 1 unspecified atom stereocenters. The first kappa shape index (κ1) is 15.2. The third kappa shape index (κ3) is 5.19. The molecule has 0 amide bonds. The van der Waals surface area contributed by atoms with E-state index in [1.54, 1.807) is 0 Å². The predicted octanol–water partition coefficient (Wildman–Crippen LogP) is 3.14. The van der Waals surface area contributed by atoms with E-state index in [4.69, 9.17) is 0 Å². The van der Waals surface area contributed by atoms with Crippen LogP contribution in [0.1, 0.15) is 32.8 Å². The average Bonchev–Trinajstić information content (AvgIpc) is 2.37. The Balaban J connectivity index is 2.49. The lowest BCUT2D eigenvalue weighted by molar-refractivity contribution is 0.176. The number of nitrogens with zero attached hydrogens (tertiary/aromatic N) is 1. The van der Waals surface area contributed by atoms with Gasteiger partial charge < -0.3 is 10.2 Å². The van der Waals surface area contributed by atoms with Gasteiger partial charge in [-0.05, 0) is 31.0 Å². The Morgan fingerprint density at radius 2 is 1.83 bits per heavy atom. The van der Waals surface area contributed by atoms with Crippen molar-refractivity contribution in [2.45, 2.75) is 33.7 Å². The van der Waals surface area contributed by atoms with Crippen LogP contribution in [0.15, 0.2) is 30.3 Å². The van der Waals surface area contributed by atoms with Gasteiger partial charge in [0.05, 0.1) is 0 Å². The lowest BCUT2D eigenvalue weighted by Crippen LogP contribution is -2.40. The van der Waals surface area contributed by atoms with Crippen molar-refractivity contribution in [3.63, 3.8) is 0 Å². The number of rotatable bonds is 8.